The van der Waals surface area contributed by atoms with Crippen molar-refractivity contribution in [2.75, 3.05) is 6.54 Å². The Balaban J connectivity index is 2.72. The highest BCUT2D eigenvalue weighted by Crippen LogP contribution is 1.78. The topological polar surface area (TPSA) is 16.6 Å². The molecule has 1 nitrogen and oxygen atoms in total. The van der Waals surface area contributed by atoms with Gasteiger partial charge in [-0.3, -0.25) is 0 Å². The average molecular weight is 116 g/mol. The summed E-state index contributed by atoms with van der Waals surface area (Å²) in [5, 5.41) is 2.38. The third-order valence-corrected chi connectivity index (χ3v) is 1.20. The summed E-state index contributed by atoms with van der Waals surface area (Å²) in [5.74, 6) is 0. The van der Waals surface area contributed by atoms with Crippen LogP contribution in [0.5, 0.6) is 0 Å². The van der Waals surface area contributed by atoms with Crippen molar-refractivity contribution in [1.29, 1.82) is 0 Å². The number of nitrogens with two attached hydrogens (primary N) is 1. The Kier molecular flexibility index (Phi) is 5.08. The van der Waals surface area contributed by atoms with Crippen LogP contribution < -0.4 is 5.32 Å². The Labute approximate surface area is 52.5 Å². The molecule has 1 heteroatoms. The molecule has 0 aliphatic rings. The van der Waals surface area contributed by atoms with Gasteiger partial charge in [-0.15, -0.1) is 0 Å². The van der Waals surface area contributed by atoms with Crippen molar-refractivity contribution < 1.29 is 5.32 Å². The molecule has 0 aromatic rings. The lowest BCUT2D eigenvalue weighted by atomic mass is 10.3. The van der Waals surface area contributed by atoms with Crippen LogP contribution >= 0.6 is 0 Å². The van der Waals surface area contributed by atoms with E-state index >= 15 is 0 Å². The van der Waals surface area contributed by atoms with Gasteiger partial charge in [0.2, 0.25) is 0 Å². The van der Waals surface area contributed by atoms with Crippen LogP contribution in [0.25, 0.3) is 0 Å². The van der Waals surface area contributed by atoms with E-state index in [9.17, 15) is 0 Å². The molecule has 0 heterocycles. The van der Waals surface area contributed by atoms with Crippen LogP contribution in [0.15, 0.2) is 0 Å². The van der Waals surface area contributed by atoms with Crippen molar-refractivity contribution in [3.05, 3.63) is 0 Å². The van der Waals surface area contributed by atoms with Crippen LogP contribution in [0.4, 0.5) is 0 Å². The molecule has 0 aliphatic heterocycles. The largest absolute Gasteiger partial charge is 0.344 e. The molecule has 0 saturated heterocycles. The Morgan fingerprint density at radius 1 is 1.38 bits per heavy atom. The van der Waals surface area contributed by atoms with Gasteiger partial charge in [-0.25, -0.2) is 0 Å². The molecule has 0 atom stereocenters. The maximum absolute atomic E-state index is 2.38. The van der Waals surface area contributed by atoms with Crippen LogP contribution in [0.2, 0.25) is 0 Å². The first-order valence-electron chi connectivity index (χ1n) is 3.60. The molecule has 0 aromatic carbocycles. The number of rotatable bonds is 4. The summed E-state index contributed by atoms with van der Waals surface area (Å²) < 4.78 is 0. The normalized spacial score (nSPS) is 10.5. The predicted molar refractivity (Wildman–Crippen MR) is 36.8 cm³/mol. The molecular formula is C7H18N+. The first-order chi connectivity index (χ1) is 3.77. The number of hydrogen-bond acceptors (Lipinski definition) is 0. The second-order valence-corrected chi connectivity index (χ2v) is 2.62. The number of hydrogen-bond donors (Lipinski definition) is 1. The van der Waals surface area contributed by atoms with Crippen molar-refractivity contribution in [2.24, 2.45) is 0 Å². The minimum atomic E-state index is 0.779. The number of unbranched alkanes of at least 4 members (excludes halogenated alkanes) is 1. The van der Waals surface area contributed by atoms with Crippen molar-refractivity contribution in [3.63, 3.8) is 0 Å². The molecule has 0 fully saturated rings. The van der Waals surface area contributed by atoms with Gasteiger partial charge >= 0.3 is 0 Å². The fourth-order valence-electron chi connectivity index (χ4n) is 0.655. The second-order valence-electron chi connectivity index (χ2n) is 2.62. The summed E-state index contributed by atoms with van der Waals surface area (Å²) in [6.45, 7) is 7.99. The van der Waals surface area contributed by atoms with E-state index in [0.29, 0.717) is 0 Å². The zero-order valence-electron chi connectivity index (χ0n) is 6.28. The van der Waals surface area contributed by atoms with Gasteiger partial charge in [-0.05, 0) is 20.3 Å². The summed E-state index contributed by atoms with van der Waals surface area (Å²) >= 11 is 0. The standard InChI is InChI=1S/C7H17N/c1-4-5-6-8-7(2)3/h7-8H,4-6H2,1-3H3/p+1. The summed E-state index contributed by atoms with van der Waals surface area (Å²) in [6, 6.07) is 0.779. The van der Waals surface area contributed by atoms with Crippen LogP contribution in [-0.2, 0) is 0 Å². The Morgan fingerprint density at radius 2 is 2.00 bits per heavy atom. The van der Waals surface area contributed by atoms with E-state index in [2.05, 4.69) is 26.1 Å². The maximum Gasteiger partial charge on any atom is 0.0802 e. The molecule has 0 amide bonds. The molecule has 0 saturated carbocycles. The fourth-order valence-corrected chi connectivity index (χ4v) is 0.655. The van der Waals surface area contributed by atoms with Gasteiger partial charge in [0.05, 0.1) is 12.6 Å². The van der Waals surface area contributed by atoms with Gasteiger partial charge < -0.3 is 5.32 Å². The van der Waals surface area contributed by atoms with E-state index < -0.39 is 0 Å². The SMILES string of the molecule is CCCC[NH2+]C(C)C. The summed E-state index contributed by atoms with van der Waals surface area (Å²) in [4.78, 5) is 0. The van der Waals surface area contributed by atoms with Crippen LogP contribution in [0, 0.1) is 0 Å². The van der Waals surface area contributed by atoms with E-state index in [1.165, 1.54) is 19.4 Å². The maximum atomic E-state index is 2.38. The van der Waals surface area contributed by atoms with E-state index in [4.69, 9.17) is 0 Å². The van der Waals surface area contributed by atoms with Crippen molar-refractivity contribution in [3.8, 4) is 0 Å². The third-order valence-electron chi connectivity index (χ3n) is 1.20. The van der Waals surface area contributed by atoms with E-state index in [0.717, 1.165) is 6.04 Å². The lowest BCUT2D eigenvalue weighted by molar-refractivity contribution is -0.683. The molecule has 0 unspecified atom stereocenters. The molecule has 2 N–H and O–H groups in total. The zero-order valence-corrected chi connectivity index (χ0v) is 6.28. The van der Waals surface area contributed by atoms with Crippen LogP contribution in [0.1, 0.15) is 33.6 Å². The molecule has 0 bridgehead atoms. The molecule has 0 aliphatic carbocycles. The Bertz CT molecular complexity index is 41.7. The minimum absolute atomic E-state index is 0.779. The first-order valence-corrected chi connectivity index (χ1v) is 3.60. The molecule has 50 valence electrons. The first kappa shape index (κ1) is 7.96. The smallest absolute Gasteiger partial charge is 0.0802 e. The molecule has 8 heavy (non-hydrogen) atoms. The highest BCUT2D eigenvalue weighted by atomic mass is 14.9. The second kappa shape index (κ2) is 5.10. The summed E-state index contributed by atoms with van der Waals surface area (Å²) in [5.41, 5.74) is 0. The molecule has 0 radical (unpaired) electrons. The van der Waals surface area contributed by atoms with Crippen LogP contribution in [-0.4, -0.2) is 12.6 Å². The van der Waals surface area contributed by atoms with E-state index in [1.54, 1.807) is 0 Å². The van der Waals surface area contributed by atoms with Crippen molar-refractivity contribution in [1.82, 2.24) is 0 Å². The van der Waals surface area contributed by atoms with Gasteiger partial charge in [0.15, 0.2) is 0 Å². The quantitative estimate of drug-likeness (QED) is 0.522. The molecule has 0 aromatic heterocycles. The predicted octanol–water partition coefficient (Wildman–Crippen LogP) is 0.758. The minimum Gasteiger partial charge on any atom is -0.344 e. The summed E-state index contributed by atoms with van der Waals surface area (Å²) in [7, 11) is 0. The highest BCUT2D eigenvalue weighted by molar-refractivity contribution is 4.29. The third kappa shape index (κ3) is 5.96. The Morgan fingerprint density at radius 3 is 2.38 bits per heavy atom. The van der Waals surface area contributed by atoms with Gasteiger partial charge in [0, 0.05) is 0 Å². The van der Waals surface area contributed by atoms with Crippen molar-refractivity contribution in [2.45, 2.75) is 39.7 Å². The van der Waals surface area contributed by atoms with Crippen molar-refractivity contribution >= 4 is 0 Å². The van der Waals surface area contributed by atoms with Gasteiger partial charge in [-0.1, -0.05) is 13.3 Å². The summed E-state index contributed by atoms with van der Waals surface area (Å²) in [6.07, 6.45) is 2.68. The van der Waals surface area contributed by atoms with Gasteiger partial charge in [0.1, 0.15) is 0 Å². The van der Waals surface area contributed by atoms with E-state index in [-0.39, 0.29) is 0 Å². The lowest BCUT2D eigenvalue weighted by Crippen LogP contribution is -2.88. The van der Waals surface area contributed by atoms with Gasteiger partial charge in [-0.2, -0.15) is 0 Å². The highest BCUT2D eigenvalue weighted by Gasteiger charge is 1.91. The molecular weight excluding hydrogens is 98.1 g/mol. The van der Waals surface area contributed by atoms with Gasteiger partial charge in [0.25, 0.3) is 0 Å². The number of quaternary nitrogens is 1. The van der Waals surface area contributed by atoms with E-state index in [1.807, 2.05) is 0 Å². The molecule has 0 spiro atoms. The average Bonchev–Trinajstić information content (AvgIpc) is 1.66. The fraction of sp³-hybridized carbons (Fsp3) is 1.00. The molecule has 0 rings (SSSR count). The monoisotopic (exact) mass is 116 g/mol. The van der Waals surface area contributed by atoms with Crippen LogP contribution in [0.3, 0.4) is 0 Å². The lowest BCUT2D eigenvalue weighted by Gasteiger charge is -2.01. The zero-order chi connectivity index (χ0) is 6.41. The Hall–Kier alpha value is -0.0400.